The number of ether oxygens (including phenoxy) is 1. The van der Waals surface area contributed by atoms with Crippen molar-refractivity contribution in [1.29, 1.82) is 0 Å². The number of esters is 1. The zero-order valence-corrected chi connectivity index (χ0v) is 23.9. The summed E-state index contributed by atoms with van der Waals surface area (Å²) in [6.45, 7) is 16.8. The Labute approximate surface area is 219 Å². The van der Waals surface area contributed by atoms with E-state index in [1.54, 1.807) is 38.1 Å². The lowest BCUT2D eigenvalue weighted by Crippen LogP contribution is -2.47. The van der Waals surface area contributed by atoms with Gasteiger partial charge in [-0.2, -0.15) is 0 Å². The number of carbonyl (C=O) groups excluding carboxylic acids is 3. The lowest BCUT2D eigenvalue weighted by Gasteiger charge is -2.19. The first-order valence-electron chi connectivity index (χ1n) is 13.5. The van der Waals surface area contributed by atoms with Crippen molar-refractivity contribution in [2.75, 3.05) is 18.4 Å². The monoisotopic (exact) mass is 508 g/mol. The van der Waals surface area contributed by atoms with Crippen molar-refractivity contribution in [3.05, 3.63) is 29.8 Å². The molecule has 1 rings (SSSR count). The number of nitrogens with one attached hydrogen (secondary N) is 3. The van der Waals surface area contributed by atoms with E-state index in [1.165, 1.54) is 6.42 Å². The minimum absolute atomic E-state index is 0.166. The number of unbranched alkanes of at least 4 members (excludes halogenated alkanes) is 1. The zero-order chi connectivity index (χ0) is 27.9. The van der Waals surface area contributed by atoms with Crippen LogP contribution in [-0.4, -0.2) is 43.0 Å². The van der Waals surface area contributed by atoms with Gasteiger partial charge in [-0.05, 0) is 56.8 Å². The van der Waals surface area contributed by atoms with Crippen LogP contribution in [-0.2, 0) is 25.7 Å². The second-order valence-electron chi connectivity index (χ2n) is 8.75. The highest BCUT2D eigenvalue weighted by atomic mass is 16.5. The van der Waals surface area contributed by atoms with Crippen LogP contribution in [0.15, 0.2) is 24.3 Å². The quantitative estimate of drug-likeness (QED) is 0.212. The lowest BCUT2D eigenvalue weighted by molar-refractivity contribution is -0.148. The smallest absolute Gasteiger partial charge is 0.308 e. The summed E-state index contributed by atoms with van der Waals surface area (Å²) in [5, 5.41) is 8.79. The Kier molecular flexibility index (Phi) is 22.8. The molecule has 1 aromatic rings. The van der Waals surface area contributed by atoms with E-state index in [1.807, 2.05) is 27.7 Å². The third-order valence-corrected chi connectivity index (χ3v) is 4.90. The van der Waals surface area contributed by atoms with Crippen LogP contribution in [0.1, 0.15) is 93.1 Å². The summed E-state index contributed by atoms with van der Waals surface area (Å²) in [7, 11) is 0. The molecule has 0 saturated carbocycles. The average molecular weight is 509 g/mol. The van der Waals surface area contributed by atoms with Gasteiger partial charge in [-0.15, -0.1) is 0 Å². The molecule has 8 heteroatoms. The van der Waals surface area contributed by atoms with E-state index in [2.05, 4.69) is 29.8 Å². The van der Waals surface area contributed by atoms with Crippen molar-refractivity contribution in [1.82, 2.24) is 10.6 Å². The second kappa shape index (κ2) is 23.0. The molecule has 0 radical (unpaired) electrons. The maximum absolute atomic E-state index is 12.8. The lowest BCUT2D eigenvalue weighted by atomic mass is 10.1. The highest BCUT2D eigenvalue weighted by Gasteiger charge is 2.20. The van der Waals surface area contributed by atoms with Crippen molar-refractivity contribution in [3.63, 3.8) is 0 Å². The summed E-state index contributed by atoms with van der Waals surface area (Å²) in [4.78, 5) is 36.6. The number of rotatable bonds is 14. The molecule has 2 unspecified atom stereocenters. The van der Waals surface area contributed by atoms with Gasteiger partial charge in [-0.1, -0.05) is 67.0 Å². The minimum atomic E-state index is -0.635. The molecule has 208 valence electrons. The maximum Gasteiger partial charge on any atom is 0.308 e. The fourth-order valence-electron chi connectivity index (χ4n) is 2.65. The summed E-state index contributed by atoms with van der Waals surface area (Å²) in [6, 6.07) is 6.68. The Morgan fingerprint density at radius 3 is 2.06 bits per heavy atom. The number of benzene rings is 1. The van der Waals surface area contributed by atoms with Crippen LogP contribution in [0.3, 0.4) is 0 Å². The molecule has 0 bridgehead atoms. The van der Waals surface area contributed by atoms with E-state index in [4.69, 9.17) is 10.5 Å². The largest absolute Gasteiger partial charge is 0.461 e. The van der Waals surface area contributed by atoms with Gasteiger partial charge in [-0.3, -0.25) is 14.4 Å². The molecule has 0 spiro atoms. The molecule has 0 aliphatic heterocycles. The van der Waals surface area contributed by atoms with E-state index >= 15 is 0 Å². The standard InChI is InChI=1S/C23H38N4O4.C3H8.C2H6/c1-5-17(4)25-14-21(28)27-20(8-6-7-13-24)22(29)26-19-11-9-18(10-12-19)15-31-23(30)16(2)3;1-3-2;1-2/h9-12,16-17,20,25H,5-8,13-15,24H2,1-4H3,(H,26,29)(H,27,28);3H2,1-2H3;1-2H3. The maximum atomic E-state index is 12.8. The van der Waals surface area contributed by atoms with Gasteiger partial charge in [0, 0.05) is 11.7 Å². The molecular weight excluding hydrogens is 456 g/mol. The van der Waals surface area contributed by atoms with Crippen LogP contribution in [0.25, 0.3) is 0 Å². The number of amides is 2. The first-order chi connectivity index (χ1) is 17.2. The van der Waals surface area contributed by atoms with Gasteiger partial charge >= 0.3 is 5.97 Å². The average Bonchev–Trinajstić information content (AvgIpc) is 2.87. The number of nitrogens with two attached hydrogens (primary N) is 1. The van der Waals surface area contributed by atoms with E-state index in [9.17, 15) is 14.4 Å². The van der Waals surface area contributed by atoms with Gasteiger partial charge in [0.1, 0.15) is 12.6 Å². The van der Waals surface area contributed by atoms with Crippen LogP contribution in [0.4, 0.5) is 5.69 Å². The number of hydrogen-bond acceptors (Lipinski definition) is 6. The molecule has 0 saturated heterocycles. The van der Waals surface area contributed by atoms with Gasteiger partial charge < -0.3 is 26.4 Å². The Morgan fingerprint density at radius 2 is 1.56 bits per heavy atom. The molecular formula is C28H52N4O4. The molecule has 8 nitrogen and oxygen atoms in total. The van der Waals surface area contributed by atoms with Gasteiger partial charge in [0.2, 0.25) is 11.8 Å². The van der Waals surface area contributed by atoms with Crippen molar-refractivity contribution < 1.29 is 19.1 Å². The third kappa shape index (κ3) is 17.9. The minimum Gasteiger partial charge on any atom is -0.461 e. The fourth-order valence-corrected chi connectivity index (χ4v) is 2.65. The van der Waals surface area contributed by atoms with E-state index < -0.39 is 6.04 Å². The Bertz CT molecular complexity index is 708. The Morgan fingerprint density at radius 1 is 0.972 bits per heavy atom. The van der Waals surface area contributed by atoms with Gasteiger partial charge in [0.15, 0.2) is 0 Å². The van der Waals surface area contributed by atoms with Gasteiger partial charge in [0.25, 0.3) is 0 Å². The van der Waals surface area contributed by atoms with E-state index in [0.717, 1.165) is 24.8 Å². The number of carbonyl (C=O) groups is 3. The topological polar surface area (TPSA) is 123 Å². The summed E-state index contributed by atoms with van der Waals surface area (Å²) >= 11 is 0. The Balaban J connectivity index is 0. The van der Waals surface area contributed by atoms with Gasteiger partial charge in [-0.25, -0.2) is 0 Å². The predicted molar refractivity (Wildman–Crippen MR) is 150 cm³/mol. The van der Waals surface area contributed by atoms with Crippen molar-refractivity contribution in [3.8, 4) is 0 Å². The molecule has 2 amide bonds. The zero-order valence-electron chi connectivity index (χ0n) is 23.9. The van der Waals surface area contributed by atoms with Crippen LogP contribution in [0, 0.1) is 5.92 Å². The van der Waals surface area contributed by atoms with Crippen molar-refractivity contribution in [2.24, 2.45) is 11.7 Å². The highest BCUT2D eigenvalue weighted by molar-refractivity contribution is 5.97. The normalized spacial score (nSPS) is 11.7. The summed E-state index contributed by atoms with van der Waals surface area (Å²) in [6.07, 6.45) is 4.21. The van der Waals surface area contributed by atoms with Crippen LogP contribution < -0.4 is 21.7 Å². The molecule has 0 aliphatic rings. The predicted octanol–water partition coefficient (Wildman–Crippen LogP) is 4.77. The van der Waals surface area contributed by atoms with Crippen molar-refractivity contribution >= 4 is 23.5 Å². The summed E-state index contributed by atoms with van der Waals surface area (Å²) in [5.74, 6) is -0.912. The van der Waals surface area contributed by atoms with Crippen LogP contribution in [0.5, 0.6) is 0 Å². The molecule has 2 atom stereocenters. The number of hydrogen-bond donors (Lipinski definition) is 4. The second-order valence-corrected chi connectivity index (χ2v) is 8.75. The molecule has 36 heavy (non-hydrogen) atoms. The SMILES string of the molecule is CC.CCC.CCC(C)NCC(=O)NC(CCCCN)C(=O)Nc1ccc(COC(=O)C(C)C)cc1. The third-order valence-electron chi connectivity index (χ3n) is 4.90. The number of anilines is 1. The first kappa shape index (κ1) is 35.7. The molecule has 0 aromatic heterocycles. The summed E-state index contributed by atoms with van der Waals surface area (Å²) < 4.78 is 5.21. The van der Waals surface area contributed by atoms with E-state index in [0.29, 0.717) is 18.7 Å². The van der Waals surface area contributed by atoms with Crippen LogP contribution in [0.2, 0.25) is 0 Å². The molecule has 0 fully saturated rings. The van der Waals surface area contributed by atoms with Crippen LogP contribution >= 0.6 is 0 Å². The first-order valence-corrected chi connectivity index (χ1v) is 13.5. The van der Waals surface area contributed by atoms with Crippen molar-refractivity contribution in [2.45, 2.75) is 106 Å². The molecule has 0 aliphatic carbocycles. The molecule has 0 heterocycles. The molecule has 1 aromatic carbocycles. The van der Waals surface area contributed by atoms with Gasteiger partial charge in [0.05, 0.1) is 12.5 Å². The fraction of sp³-hybridized carbons (Fsp3) is 0.679. The summed E-state index contributed by atoms with van der Waals surface area (Å²) in [5.41, 5.74) is 7.00. The molecule has 5 N–H and O–H groups in total. The highest BCUT2D eigenvalue weighted by Crippen LogP contribution is 2.13. The Hall–Kier alpha value is -2.45. The van der Waals surface area contributed by atoms with E-state index in [-0.39, 0.29) is 42.9 Å².